The second-order valence-corrected chi connectivity index (χ2v) is 8.95. The van der Waals surface area contributed by atoms with Crippen molar-refractivity contribution < 1.29 is 18.0 Å². The maximum absolute atomic E-state index is 12.9. The zero-order chi connectivity index (χ0) is 16.2. The molecule has 2 amide bonds. The van der Waals surface area contributed by atoms with Crippen LogP contribution < -0.4 is 0 Å². The SMILES string of the molecule is O=C1CCC(=O)N1C1CC2CCC(C1)N2S(=O)(=O)N1CCCC1. The molecule has 0 saturated carbocycles. The molecule has 4 saturated heterocycles. The minimum absolute atomic E-state index is 0.0643. The molecular weight excluding hydrogens is 318 g/mol. The molecule has 4 aliphatic heterocycles. The smallest absolute Gasteiger partial charge is 0.279 e. The third kappa shape index (κ3) is 2.42. The van der Waals surface area contributed by atoms with Crippen LogP contribution >= 0.6 is 0 Å². The van der Waals surface area contributed by atoms with Gasteiger partial charge in [0.15, 0.2) is 0 Å². The maximum atomic E-state index is 12.9. The summed E-state index contributed by atoms with van der Waals surface area (Å²) >= 11 is 0. The largest absolute Gasteiger partial charge is 0.282 e. The van der Waals surface area contributed by atoms with Gasteiger partial charge in [0.1, 0.15) is 0 Å². The first-order valence-corrected chi connectivity index (χ1v) is 10.0. The molecule has 2 unspecified atom stereocenters. The lowest BCUT2D eigenvalue weighted by Gasteiger charge is -2.41. The molecular formula is C15H23N3O4S. The molecule has 0 aromatic heterocycles. The molecule has 8 heteroatoms. The van der Waals surface area contributed by atoms with E-state index in [1.165, 1.54) is 4.90 Å². The summed E-state index contributed by atoms with van der Waals surface area (Å²) in [4.78, 5) is 25.4. The van der Waals surface area contributed by atoms with Crippen molar-refractivity contribution in [3.8, 4) is 0 Å². The van der Waals surface area contributed by atoms with Gasteiger partial charge in [-0.3, -0.25) is 14.5 Å². The van der Waals surface area contributed by atoms with Gasteiger partial charge in [0.2, 0.25) is 11.8 Å². The van der Waals surface area contributed by atoms with Crippen molar-refractivity contribution in [1.82, 2.24) is 13.5 Å². The second kappa shape index (κ2) is 5.53. The Kier molecular flexibility index (Phi) is 3.73. The van der Waals surface area contributed by atoms with Gasteiger partial charge < -0.3 is 0 Å². The van der Waals surface area contributed by atoms with E-state index in [2.05, 4.69) is 0 Å². The highest BCUT2D eigenvalue weighted by molar-refractivity contribution is 7.86. The van der Waals surface area contributed by atoms with Crippen molar-refractivity contribution in [2.24, 2.45) is 0 Å². The second-order valence-electron chi connectivity index (χ2n) is 7.11. The van der Waals surface area contributed by atoms with Gasteiger partial charge in [-0.15, -0.1) is 0 Å². The summed E-state index contributed by atoms with van der Waals surface area (Å²) in [5, 5.41) is 0. The number of fused-ring (bicyclic) bond motifs is 2. The molecule has 7 nitrogen and oxygen atoms in total. The topological polar surface area (TPSA) is 78.0 Å². The van der Waals surface area contributed by atoms with Gasteiger partial charge in [-0.05, 0) is 38.5 Å². The van der Waals surface area contributed by atoms with Gasteiger partial charge in [0, 0.05) is 44.1 Å². The van der Waals surface area contributed by atoms with E-state index in [9.17, 15) is 18.0 Å². The minimum atomic E-state index is -3.39. The van der Waals surface area contributed by atoms with Crippen LogP contribution in [0.1, 0.15) is 51.4 Å². The summed E-state index contributed by atoms with van der Waals surface area (Å²) in [5.74, 6) is -0.175. The molecule has 2 bridgehead atoms. The fraction of sp³-hybridized carbons (Fsp3) is 0.867. The highest BCUT2D eigenvalue weighted by Gasteiger charge is 2.51. The average Bonchev–Trinajstić information content (AvgIpc) is 3.20. The fourth-order valence-corrected chi connectivity index (χ4v) is 6.87. The highest BCUT2D eigenvalue weighted by Crippen LogP contribution is 2.41. The third-order valence-electron chi connectivity index (χ3n) is 5.75. The molecule has 0 aromatic carbocycles. The molecule has 4 heterocycles. The van der Waals surface area contributed by atoms with Crippen molar-refractivity contribution in [3.05, 3.63) is 0 Å². The number of nitrogens with zero attached hydrogens (tertiary/aromatic N) is 3. The zero-order valence-corrected chi connectivity index (χ0v) is 14.0. The summed E-state index contributed by atoms with van der Waals surface area (Å²) < 4.78 is 29.1. The Hall–Kier alpha value is -0.990. The van der Waals surface area contributed by atoms with Gasteiger partial charge in [-0.25, -0.2) is 0 Å². The van der Waals surface area contributed by atoms with Gasteiger partial charge in [-0.2, -0.15) is 17.0 Å². The molecule has 4 rings (SSSR count). The monoisotopic (exact) mass is 341 g/mol. The summed E-state index contributed by atoms with van der Waals surface area (Å²) in [5.41, 5.74) is 0. The predicted molar refractivity (Wildman–Crippen MR) is 82.5 cm³/mol. The molecule has 23 heavy (non-hydrogen) atoms. The molecule has 0 radical (unpaired) electrons. The Morgan fingerprint density at radius 2 is 1.35 bits per heavy atom. The number of hydrogen-bond donors (Lipinski definition) is 0. The quantitative estimate of drug-likeness (QED) is 0.699. The predicted octanol–water partition coefficient (Wildman–Crippen LogP) is 0.471. The van der Waals surface area contributed by atoms with E-state index in [1.54, 1.807) is 8.61 Å². The van der Waals surface area contributed by atoms with Crippen LogP contribution in [0.3, 0.4) is 0 Å². The van der Waals surface area contributed by atoms with E-state index in [0.717, 1.165) is 25.7 Å². The van der Waals surface area contributed by atoms with Crippen molar-refractivity contribution >= 4 is 22.0 Å². The van der Waals surface area contributed by atoms with Crippen molar-refractivity contribution in [2.75, 3.05) is 13.1 Å². The van der Waals surface area contributed by atoms with Gasteiger partial charge in [0.05, 0.1) is 0 Å². The van der Waals surface area contributed by atoms with E-state index in [-0.39, 0.29) is 29.9 Å². The number of piperidine rings is 1. The molecule has 4 fully saturated rings. The molecule has 0 aromatic rings. The lowest BCUT2D eigenvalue weighted by Crippen LogP contribution is -2.56. The zero-order valence-electron chi connectivity index (χ0n) is 13.2. The average molecular weight is 341 g/mol. The fourth-order valence-electron chi connectivity index (χ4n) is 4.75. The van der Waals surface area contributed by atoms with Crippen molar-refractivity contribution in [3.63, 3.8) is 0 Å². The highest BCUT2D eigenvalue weighted by atomic mass is 32.2. The van der Waals surface area contributed by atoms with E-state index >= 15 is 0 Å². The maximum Gasteiger partial charge on any atom is 0.282 e. The minimum Gasteiger partial charge on any atom is -0.279 e. The normalized spacial score (nSPS) is 36.3. The Bertz CT molecular complexity index is 599. The number of likely N-dealkylation sites (tertiary alicyclic amines) is 1. The first kappa shape index (κ1) is 15.5. The summed E-state index contributed by atoms with van der Waals surface area (Å²) in [6.07, 6.45) is 5.35. The van der Waals surface area contributed by atoms with Crippen LogP contribution in [0, 0.1) is 0 Å². The van der Waals surface area contributed by atoms with Crippen molar-refractivity contribution in [2.45, 2.75) is 69.5 Å². The summed E-state index contributed by atoms with van der Waals surface area (Å²) in [6, 6.07) is -0.240. The van der Waals surface area contributed by atoms with Crippen LogP contribution in [-0.2, 0) is 19.8 Å². The van der Waals surface area contributed by atoms with Crippen LogP contribution in [0.2, 0.25) is 0 Å². The summed E-state index contributed by atoms with van der Waals surface area (Å²) in [7, 11) is -3.39. The number of carbonyl (C=O) groups excluding carboxylic acids is 2. The van der Waals surface area contributed by atoms with E-state index in [4.69, 9.17) is 0 Å². The number of imide groups is 1. The van der Waals surface area contributed by atoms with E-state index in [0.29, 0.717) is 38.8 Å². The Morgan fingerprint density at radius 1 is 0.826 bits per heavy atom. The van der Waals surface area contributed by atoms with E-state index < -0.39 is 10.2 Å². The Labute approximate surface area is 136 Å². The summed E-state index contributed by atoms with van der Waals surface area (Å²) in [6.45, 7) is 1.23. The lowest BCUT2D eigenvalue weighted by molar-refractivity contribution is -0.142. The van der Waals surface area contributed by atoms with Crippen LogP contribution in [0.25, 0.3) is 0 Å². The van der Waals surface area contributed by atoms with Crippen LogP contribution in [0.15, 0.2) is 0 Å². The molecule has 2 atom stereocenters. The first-order valence-electron chi connectivity index (χ1n) is 8.62. The number of amides is 2. The molecule has 0 aliphatic carbocycles. The van der Waals surface area contributed by atoms with Crippen LogP contribution in [0.5, 0.6) is 0 Å². The van der Waals surface area contributed by atoms with Crippen LogP contribution in [-0.4, -0.2) is 65.0 Å². The number of rotatable bonds is 3. The molecule has 0 spiro atoms. The first-order chi connectivity index (χ1) is 11.0. The number of hydrogen-bond acceptors (Lipinski definition) is 4. The third-order valence-corrected chi connectivity index (χ3v) is 7.90. The Morgan fingerprint density at radius 3 is 1.87 bits per heavy atom. The van der Waals surface area contributed by atoms with Crippen molar-refractivity contribution in [1.29, 1.82) is 0 Å². The molecule has 0 N–H and O–H groups in total. The van der Waals surface area contributed by atoms with Gasteiger partial charge in [0.25, 0.3) is 10.2 Å². The molecule has 4 aliphatic rings. The van der Waals surface area contributed by atoms with E-state index in [1.807, 2.05) is 0 Å². The lowest BCUT2D eigenvalue weighted by atomic mass is 9.98. The molecule has 128 valence electrons. The standard InChI is InChI=1S/C15H23N3O4S/c19-14-5-6-15(20)17(14)13-9-11-3-4-12(10-13)18(11)23(21,22)16-7-1-2-8-16/h11-13H,1-10H2. The Balaban J connectivity index is 1.54. The van der Waals surface area contributed by atoms with Crippen LogP contribution in [0.4, 0.5) is 0 Å². The van der Waals surface area contributed by atoms with Gasteiger partial charge in [-0.1, -0.05) is 0 Å². The number of carbonyl (C=O) groups is 2. The van der Waals surface area contributed by atoms with Gasteiger partial charge >= 0.3 is 0 Å².